The lowest BCUT2D eigenvalue weighted by atomic mass is 10.1. The van der Waals surface area contributed by atoms with Gasteiger partial charge in [0.15, 0.2) is 5.78 Å². The molecule has 2 rings (SSSR count). The summed E-state index contributed by atoms with van der Waals surface area (Å²) in [5, 5.41) is 4.69. The molecule has 0 saturated heterocycles. The van der Waals surface area contributed by atoms with Crippen molar-refractivity contribution in [2.75, 3.05) is 0 Å². The number of nitrogens with zero attached hydrogens (tertiary/aromatic N) is 2. The number of halogens is 2. The topological polar surface area (TPSA) is 34.9 Å². The first-order chi connectivity index (χ1) is 8.60. The van der Waals surface area contributed by atoms with Crippen LogP contribution in [0.15, 0.2) is 35.1 Å². The number of aromatic nitrogens is 2. The Hall–Kier alpha value is -1.13. The van der Waals surface area contributed by atoms with E-state index in [-0.39, 0.29) is 5.78 Å². The molecule has 0 atom stereocenters. The summed E-state index contributed by atoms with van der Waals surface area (Å²) in [6.45, 7) is 2.81. The second-order valence-electron chi connectivity index (χ2n) is 3.93. The summed E-state index contributed by atoms with van der Waals surface area (Å²) in [6, 6.07) is 5.23. The van der Waals surface area contributed by atoms with Crippen molar-refractivity contribution in [2.45, 2.75) is 19.9 Å². The SMILES string of the molecule is CCn1cc(CC(=O)c2ccc(Br)c(Cl)c2)cn1. The first-order valence-electron chi connectivity index (χ1n) is 5.59. The zero-order valence-electron chi connectivity index (χ0n) is 9.86. The van der Waals surface area contributed by atoms with E-state index in [4.69, 9.17) is 11.6 Å². The van der Waals surface area contributed by atoms with E-state index < -0.39 is 0 Å². The Morgan fingerprint density at radius 3 is 2.89 bits per heavy atom. The van der Waals surface area contributed by atoms with E-state index >= 15 is 0 Å². The third-order valence-electron chi connectivity index (χ3n) is 2.62. The molecule has 0 aliphatic rings. The number of aryl methyl sites for hydroxylation is 1. The average molecular weight is 328 g/mol. The van der Waals surface area contributed by atoms with Crippen molar-refractivity contribution in [3.05, 3.63) is 51.2 Å². The lowest BCUT2D eigenvalue weighted by Crippen LogP contribution is -2.03. The van der Waals surface area contributed by atoms with Gasteiger partial charge in [0.25, 0.3) is 0 Å². The van der Waals surface area contributed by atoms with Gasteiger partial charge in [-0.05, 0) is 40.5 Å². The number of rotatable bonds is 4. The van der Waals surface area contributed by atoms with Crippen molar-refractivity contribution < 1.29 is 4.79 Å². The normalized spacial score (nSPS) is 10.6. The van der Waals surface area contributed by atoms with Gasteiger partial charge in [0.1, 0.15) is 0 Å². The predicted octanol–water partition coefficient (Wildman–Crippen LogP) is 3.74. The summed E-state index contributed by atoms with van der Waals surface area (Å²) in [4.78, 5) is 12.1. The maximum absolute atomic E-state index is 12.1. The Morgan fingerprint density at radius 1 is 1.50 bits per heavy atom. The number of ketones is 1. The smallest absolute Gasteiger partial charge is 0.167 e. The molecule has 1 aromatic carbocycles. The van der Waals surface area contributed by atoms with E-state index in [0.717, 1.165) is 16.6 Å². The third kappa shape index (κ3) is 3.00. The van der Waals surface area contributed by atoms with Gasteiger partial charge in [0.2, 0.25) is 0 Å². The highest BCUT2D eigenvalue weighted by molar-refractivity contribution is 9.10. The molecule has 0 saturated carbocycles. The molecule has 0 unspecified atom stereocenters. The molecule has 3 nitrogen and oxygen atoms in total. The first kappa shape index (κ1) is 13.3. The Kier molecular flexibility index (Phi) is 4.19. The number of carbonyl (C=O) groups is 1. The van der Waals surface area contributed by atoms with Crippen LogP contribution in [0.1, 0.15) is 22.8 Å². The predicted molar refractivity (Wildman–Crippen MR) is 75.1 cm³/mol. The van der Waals surface area contributed by atoms with Crippen LogP contribution in [0.3, 0.4) is 0 Å². The molecule has 94 valence electrons. The Morgan fingerprint density at radius 2 is 2.28 bits per heavy atom. The fourth-order valence-corrected chi connectivity index (χ4v) is 2.05. The lowest BCUT2D eigenvalue weighted by molar-refractivity contribution is 0.0993. The van der Waals surface area contributed by atoms with Crippen LogP contribution in [0.25, 0.3) is 0 Å². The molecule has 0 radical (unpaired) electrons. The van der Waals surface area contributed by atoms with E-state index in [1.807, 2.05) is 13.1 Å². The molecule has 5 heteroatoms. The second-order valence-corrected chi connectivity index (χ2v) is 5.19. The van der Waals surface area contributed by atoms with E-state index in [0.29, 0.717) is 17.0 Å². The summed E-state index contributed by atoms with van der Waals surface area (Å²) in [5.41, 5.74) is 1.54. The van der Waals surface area contributed by atoms with Crippen molar-refractivity contribution in [3.8, 4) is 0 Å². The maximum Gasteiger partial charge on any atom is 0.167 e. The maximum atomic E-state index is 12.1. The van der Waals surface area contributed by atoms with Gasteiger partial charge in [-0.25, -0.2) is 0 Å². The number of Topliss-reactive ketones (excluding diaryl/α,β-unsaturated/α-hetero) is 1. The number of benzene rings is 1. The molecule has 0 N–H and O–H groups in total. The van der Waals surface area contributed by atoms with Crippen LogP contribution in [0.2, 0.25) is 5.02 Å². The molecular weight excluding hydrogens is 316 g/mol. The summed E-state index contributed by atoms with van der Waals surface area (Å²) in [5.74, 6) is 0.0417. The molecule has 0 spiro atoms. The number of hydrogen-bond acceptors (Lipinski definition) is 2. The quantitative estimate of drug-likeness (QED) is 0.802. The van der Waals surface area contributed by atoms with Gasteiger partial charge >= 0.3 is 0 Å². The van der Waals surface area contributed by atoms with Crippen LogP contribution >= 0.6 is 27.5 Å². The molecule has 0 bridgehead atoms. The standard InChI is InChI=1S/C13H12BrClN2O/c1-2-17-8-9(7-16-17)5-13(18)10-3-4-11(14)12(15)6-10/h3-4,6-8H,2,5H2,1H3. The summed E-state index contributed by atoms with van der Waals surface area (Å²) in [6.07, 6.45) is 3.96. The Balaban J connectivity index is 2.14. The van der Waals surface area contributed by atoms with Crippen LogP contribution in [-0.2, 0) is 13.0 Å². The largest absolute Gasteiger partial charge is 0.294 e. The minimum absolute atomic E-state index is 0.0417. The van der Waals surface area contributed by atoms with Crippen LogP contribution in [0.5, 0.6) is 0 Å². The molecule has 1 heterocycles. The lowest BCUT2D eigenvalue weighted by Gasteiger charge is -2.01. The number of carbonyl (C=O) groups excluding carboxylic acids is 1. The molecule has 0 aliphatic heterocycles. The summed E-state index contributed by atoms with van der Waals surface area (Å²) >= 11 is 9.27. The number of hydrogen-bond donors (Lipinski definition) is 0. The zero-order valence-corrected chi connectivity index (χ0v) is 12.2. The fraction of sp³-hybridized carbons (Fsp3) is 0.231. The molecule has 2 aromatic rings. The summed E-state index contributed by atoms with van der Waals surface area (Å²) < 4.78 is 2.59. The van der Waals surface area contributed by atoms with Crippen molar-refractivity contribution >= 4 is 33.3 Å². The third-order valence-corrected chi connectivity index (χ3v) is 3.85. The highest BCUT2D eigenvalue weighted by Crippen LogP contribution is 2.23. The Labute approximate surface area is 119 Å². The van der Waals surface area contributed by atoms with Gasteiger partial charge in [-0.15, -0.1) is 0 Å². The first-order valence-corrected chi connectivity index (χ1v) is 6.77. The Bertz CT molecular complexity index is 580. The van der Waals surface area contributed by atoms with Crippen LogP contribution < -0.4 is 0 Å². The van der Waals surface area contributed by atoms with E-state index in [1.54, 1.807) is 29.1 Å². The van der Waals surface area contributed by atoms with Gasteiger partial charge in [0, 0.05) is 29.2 Å². The van der Waals surface area contributed by atoms with E-state index in [1.165, 1.54) is 0 Å². The van der Waals surface area contributed by atoms with Crippen molar-refractivity contribution in [1.29, 1.82) is 0 Å². The minimum atomic E-state index is 0.0417. The van der Waals surface area contributed by atoms with Gasteiger partial charge in [-0.2, -0.15) is 5.10 Å². The molecule has 18 heavy (non-hydrogen) atoms. The molecule has 0 aliphatic carbocycles. The van der Waals surface area contributed by atoms with Gasteiger partial charge in [-0.3, -0.25) is 9.48 Å². The van der Waals surface area contributed by atoms with Gasteiger partial charge < -0.3 is 0 Å². The molecular formula is C13H12BrClN2O. The van der Waals surface area contributed by atoms with Gasteiger partial charge in [-0.1, -0.05) is 17.7 Å². The monoisotopic (exact) mass is 326 g/mol. The molecule has 0 amide bonds. The zero-order chi connectivity index (χ0) is 13.1. The van der Waals surface area contributed by atoms with E-state index in [9.17, 15) is 4.79 Å². The fourth-order valence-electron chi connectivity index (χ4n) is 1.63. The van der Waals surface area contributed by atoms with Gasteiger partial charge in [0.05, 0.1) is 11.2 Å². The van der Waals surface area contributed by atoms with Crippen LogP contribution in [-0.4, -0.2) is 15.6 Å². The van der Waals surface area contributed by atoms with Crippen LogP contribution in [0, 0.1) is 0 Å². The van der Waals surface area contributed by atoms with Crippen LogP contribution in [0.4, 0.5) is 0 Å². The molecule has 0 fully saturated rings. The average Bonchev–Trinajstić information content (AvgIpc) is 2.80. The molecule has 1 aromatic heterocycles. The second kappa shape index (κ2) is 5.67. The van der Waals surface area contributed by atoms with Crippen molar-refractivity contribution in [3.63, 3.8) is 0 Å². The minimum Gasteiger partial charge on any atom is -0.294 e. The highest BCUT2D eigenvalue weighted by Gasteiger charge is 2.10. The van der Waals surface area contributed by atoms with Crippen molar-refractivity contribution in [2.24, 2.45) is 0 Å². The van der Waals surface area contributed by atoms with Crippen molar-refractivity contribution in [1.82, 2.24) is 9.78 Å². The van der Waals surface area contributed by atoms with E-state index in [2.05, 4.69) is 21.0 Å². The summed E-state index contributed by atoms with van der Waals surface area (Å²) in [7, 11) is 0. The highest BCUT2D eigenvalue weighted by atomic mass is 79.9.